The minimum Gasteiger partial charge on any atom is -0.329 e. The van der Waals surface area contributed by atoms with E-state index in [0.29, 0.717) is 12.5 Å². The van der Waals surface area contributed by atoms with Crippen LogP contribution in [-0.2, 0) is 17.6 Å². The molecule has 0 spiro atoms. The van der Waals surface area contributed by atoms with Crippen LogP contribution in [0, 0.1) is 5.82 Å². The van der Waals surface area contributed by atoms with Crippen LogP contribution in [-0.4, -0.2) is 19.0 Å². The van der Waals surface area contributed by atoms with Crippen LogP contribution in [0.2, 0.25) is 0 Å². The molecule has 0 saturated heterocycles. The first-order chi connectivity index (χ1) is 11.2. The van der Waals surface area contributed by atoms with Gasteiger partial charge in [0.15, 0.2) is 0 Å². The molecule has 2 rings (SSSR count). The molecular weight excluding hydrogens is 291 g/mol. The number of anilines is 1. The predicted octanol–water partition coefficient (Wildman–Crippen LogP) is 3.55. The Balaban J connectivity index is 1.67. The number of carbonyl (C=O) groups is 1. The minimum atomic E-state index is -0.185. The lowest BCUT2D eigenvalue weighted by molar-refractivity contribution is -0.105. The Morgan fingerprint density at radius 3 is 2.35 bits per heavy atom. The van der Waals surface area contributed by atoms with Gasteiger partial charge in [-0.2, -0.15) is 0 Å². The van der Waals surface area contributed by atoms with Crippen molar-refractivity contribution in [1.29, 1.82) is 0 Å². The molecule has 2 aromatic carbocycles. The first-order valence-electron chi connectivity index (χ1n) is 7.94. The molecule has 0 aliphatic carbocycles. The van der Waals surface area contributed by atoms with Gasteiger partial charge in [-0.05, 0) is 68.1 Å². The summed E-state index contributed by atoms with van der Waals surface area (Å²) in [6.45, 7) is 3.10. The lowest BCUT2D eigenvalue weighted by atomic mass is 10.1. The highest BCUT2D eigenvalue weighted by Crippen LogP contribution is 2.10. The van der Waals surface area contributed by atoms with Gasteiger partial charge in [-0.1, -0.05) is 24.3 Å². The van der Waals surface area contributed by atoms with Crippen molar-refractivity contribution in [3.63, 3.8) is 0 Å². The molecule has 1 atom stereocenters. The van der Waals surface area contributed by atoms with Gasteiger partial charge in [0, 0.05) is 11.7 Å². The molecule has 4 heteroatoms. The van der Waals surface area contributed by atoms with Crippen molar-refractivity contribution in [2.45, 2.75) is 32.2 Å². The van der Waals surface area contributed by atoms with Crippen LogP contribution in [0.4, 0.5) is 10.1 Å². The zero-order chi connectivity index (χ0) is 16.5. The second-order valence-electron chi connectivity index (χ2n) is 5.75. The fraction of sp³-hybridized carbons (Fsp3) is 0.316. The fourth-order valence-corrected chi connectivity index (χ4v) is 2.52. The molecule has 0 aliphatic heterocycles. The average molecular weight is 314 g/mol. The molecule has 0 bridgehead atoms. The van der Waals surface area contributed by atoms with Crippen molar-refractivity contribution in [1.82, 2.24) is 5.32 Å². The zero-order valence-electron chi connectivity index (χ0n) is 13.4. The Morgan fingerprint density at radius 2 is 1.70 bits per heavy atom. The SMILES string of the molecule is CC(Cc1ccc(NC=O)cc1)NCCCc1ccc(F)cc1. The minimum absolute atomic E-state index is 0.185. The smallest absolute Gasteiger partial charge is 0.211 e. The average Bonchev–Trinajstić information content (AvgIpc) is 2.55. The van der Waals surface area contributed by atoms with E-state index in [1.807, 2.05) is 36.4 Å². The van der Waals surface area contributed by atoms with Gasteiger partial charge in [0.05, 0.1) is 0 Å². The van der Waals surface area contributed by atoms with Gasteiger partial charge in [0.1, 0.15) is 5.82 Å². The summed E-state index contributed by atoms with van der Waals surface area (Å²) in [5.74, 6) is -0.185. The van der Waals surface area contributed by atoms with Crippen LogP contribution < -0.4 is 10.6 Å². The van der Waals surface area contributed by atoms with Crippen molar-refractivity contribution in [2.75, 3.05) is 11.9 Å². The van der Waals surface area contributed by atoms with Gasteiger partial charge in [-0.15, -0.1) is 0 Å². The summed E-state index contributed by atoms with van der Waals surface area (Å²) in [5.41, 5.74) is 3.21. The summed E-state index contributed by atoms with van der Waals surface area (Å²) >= 11 is 0. The third kappa shape index (κ3) is 6.20. The summed E-state index contributed by atoms with van der Waals surface area (Å²) in [4.78, 5) is 10.4. The Morgan fingerprint density at radius 1 is 1.04 bits per heavy atom. The lowest BCUT2D eigenvalue weighted by Gasteiger charge is -2.14. The molecule has 0 aliphatic rings. The predicted molar refractivity (Wildman–Crippen MR) is 92.0 cm³/mol. The van der Waals surface area contributed by atoms with Crippen molar-refractivity contribution in [3.8, 4) is 0 Å². The van der Waals surface area contributed by atoms with Crippen LogP contribution in [0.3, 0.4) is 0 Å². The Bertz CT molecular complexity index is 596. The number of benzene rings is 2. The van der Waals surface area contributed by atoms with Gasteiger partial charge in [-0.25, -0.2) is 4.39 Å². The van der Waals surface area contributed by atoms with E-state index in [-0.39, 0.29) is 5.82 Å². The molecule has 122 valence electrons. The molecule has 2 N–H and O–H groups in total. The van der Waals surface area contributed by atoms with Crippen LogP contribution in [0.5, 0.6) is 0 Å². The highest BCUT2D eigenvalue weighted by Gasteiger charge is 2.03. The molecule has 2 aromatic rings. The molecule has 0 aromatic heterocycles. The normalized spacial score (nSPS) is 11.9. The molecule has 0 radical (unpaired) electrons. The second kappa shape index (κ2) is 9.06. The quantitative estimate of drug-likeness (QED) is 0.549. The summed E-state index contributed by atoms with van der Waals surface area (Å²) in [7, 11) is 0. The van der Waals surface area contributed by atoms with Crippen molar-refractivity contribution >= 4 is 12.1 Å². The molecule has 0 heterocycles. The lowest BCUT2D eigenvalue weighted by Crippen LogP contribution is -2.29. The number of carbonyl (C=O) groups excluding carboxylic acids is 1. The molecule has 1 amide bonds. The number of rotatable bonds is 9. The summed E-state index contributed by atoms with van der Waals surface area (Å²) in [5, 5.41) is 6.14. The summed E-state index contributed by atoms with van der Waals surface area (Å²) < 4.78 is 12.8. The number of hydrogen-bond acceptors (Lipinski definition) is 2. The van der Waals surface area contributed by atoms with Crippen LogP contribution in [0.15, 0.2) is 48.5 Å². The van der Waals surface area contributed by atoms with Gasteiger partial charge in [0.2, 0.25) is 6.41 Å². The molecule has 1 unspecified atom stereocenters. The van der Waals surface area contributed by atoms with Crippen LogP contribution in [0.25, 0.3) is 0 Å². The van der Waals surface area contributed by atoms with E-state index >= 15 is 0 Å². The van der Waals surface area contributed by atoms with Crippen molar-refractivity contribution < 1.29 is 9.18 Å². The maximum Gasteiger partial charge on any atom is 0.211 e. The number of nitrogens with one attached hydrogen (secondary N) is 2. The molecular formula is C19H23FN2O. The largest absolute Gasteiger partial charge is 0.329 e. The molecule has 23 heavy (non-hydrogen) atoms. The van der Waals surface area contributed by atoms with E-state index in [0.717, 1.165) is 31.5 Å². The zero-order valence-corrected chi connectivity index (χ0v) is 13.4. The topological polar surface area (TPSA) is 41.1 Å². The molecule has 3 nitrogen and oxygen atoms in total. The first kappa shape index (κ1) is 17.2. The van der Waals surface area contributed by atoms with Gasteiger partial charge >= 0.3 is 0 Å². The highest BCUT2D eigenvalue weighted by molar-refractivity contribution is 5.71. The third-order valence-corrected chi connectivity index (χ3v) is 3.77. The number of hydrogen-bond donors (Lipinski definition) is 2. The number of aryl methyl sites for hydroxylation is 1. The van der Waals surface area contributed by atoms with E-state index in [2.05, 4.69) is 17.6 Å². The maximum atomic E-state index is 12.8. The van der Waals surface area contributed by atoms with Gasteiger partial charge in [-0.3, -0.25) is 4.79 Å². The Labute approximate surface area is 136 Å². The molecule has 0 saturated carbocycles. The maximum absolute atomic E-state index is 12.8. The van der Waals surface area contributed by atoms with Crippen LogP contribution in [0.1, 0.15) is 24.5 Å². The monoisotopic (exact) mass is 314 g/mol. The van der Waals surface area contributed by atoms with E-state index < -0.39 is 0 Å². The van der Waals surface area contributed by atoms with Gasteiger partial charge < -0.3 is 10.6 Å². The number of halogens is 1. The van der Waals surface area contributed by atoms with Gasteiger partial charge in [0.25, 0.3) is 0 Å². The fourth-order valence-electron chi connectivity index (χ4n) is 2.52. The summed E-state index contributed by atoms with van der Waals surface area (Å²) in [6.07, 6.45) is 3.60. The third-order valence-electron chi connectivity index (χ3n) is 3.77. The van der Waals surface area contributed by atoms with E-state index in [4.69, 9.17) is 0 Å². The van der Waals surface area contributed by atoms with E-state index in [1.54, 1.807) is 0 Å². The van der Waals surface area contributed by atoms with E-state index in [9.17, 15) is 9.18 Å². The molecule has 0 fully saturated rings. The second-order valence-corrected chi connectivity index (χ2v) is 5.75. The highest BCUT2D eigenvalue weighted by atomic mass is 19.1. The van der Waals surface area contributed by atoms with Crippen molar-refractivity contribution in [3.05, 3.63) is 65.5 Å². The first-order valence-corrected chi connectivity index (χ1v) is 7.94. The van der Waals surface area contributed by atoms with Crippen LogP contribution >= 0.6 is 0 Å². The van der Waals surface area contributed by atoms with E-state index in [1.165, 1.54) is 23.3 Å². The number of amides is 1. The standard InChI is InChI=1S/C19H23FN2O/c1-15(13-17-6-10-19(11-7-17)22-14-23)21-12-2-3-16-4-8-18(20)9-5-16/h4-11,14-15,21H,2-3,12-13H2,1H3,(H,22,23). The Hall–Kier alpha value is -2.20. The van der Waals surface area contributed by atoms with Crippen molar-refractivity contribution in [2.24, 2.45) is 0 Å². The Kier molecular flexibility index (Phi) is 6.76. The summed E-state index contributed by atoms with van der Waals surface area (Å²) in [6, 6.07) is 15.0.